The SMILES string of the molecule is COc1ccc(N2C(=O)c3c(c(-c4ccccc4)nn3C)C2c2ccccc2)cc1. The standard InChI is InChI=1S/C25H21N3O2/c1-27-24-21(22(26-27)17-9-5-3-6-10-17)23(18-11-7-4-8-12-18)28(25(24)29)19-13-15-20(30-2)16-14-19/h3-16,23H,1-2H3. The Hall–Kier alpha value is -3.86. The highest BCUT2D eigenvalue weighted by molar-refractivity contribution is 6.12. The van der Waals surface area contributed by atoms with E-state index in [1.807, 2.05) is 84.7 Å². The number of carbonyl (C=O) groups excluding carboxylic acids is 1. The van der Waals surface area contributed by atoms with Crippen molar-refractivity contribution in [2.24, 2.45) is 7.05 Å². The Balaban J connectivity index is 1.73. The van der Waals surface area contributed by atoms with Crippen molar-refractivity contribution in [1.29, 1.82) is 0 Å². The summed E-state index contributed by atoms with van der Waals surface area (Å²) in [6.45, 7) is 0. The van der Waals surface area contributed by atoms with Crippen LogP contribution in [0.5, 0.6) is 5.75 Å². The largest absolute Gasteiger partial charge is 0.497 e. The molecule has 1 aromatic heterocycles. The molecule has 1 aliphatic rings. The molecule has 0 aliphatic carbocycles. The summed E-state index contributed by atoms with van der Waals surface area (Å²) in [5.41, 5.74) is 5.27. The Labute approximate surface area is 175 Å². The van der Waals surface area contributed by atoms with Crippen molar-refractivity contribution in [3.05, 3.63) is 102 Å². The van der Waals surface area contributed by atoms with Crippen LogP contribution in [0.4, 0.5) is 5.69 Å². The van der Waals surface area contributed by atoms with E-state index in [1.165, 1.54) is 0 Å². The van der Waals surface area contributed by atoms with Gasteiger partial charge < -0.3 is 4.74 Å². The van der Waals surface area contributed by atoms with E-state index in [2.05, 4.69) is 12.1 Å². The molecule has 148 valence electrons. The van der Waals surface area contributed by atoms with Crippen LogP contribution in [0.3, 0.4) is 0 Å². The Kier molecular flexibility index (Phi) is 4.36. The number of benzene rings is 3. The molecule has 5 nitrogen and oxygen atoms in total. The molecule has 0 bridgehead atoms. The first-order valence-electron chi connectivity index (χ1n) is 9.84. The molecule has 0 fully saturated rings. The normalized spacial score (nSPS) is 15.3. The summed E-state index contributed by atoms with van der Waals surface area (Å²) in [5, 5.41) is 4.73. The lowest BCUT2D eigenvalue weighted by Crippen LogP contribution is -2.30. The lowest BCUT2D eigenvalue weighted by Gasteiger charge is -2.26. The number of anilines is 1. The number of amides is 1. The van der Waals surface area contributed by atoms with Gasteiger partial charge in [-0.3, -0.25) is 14.4 Å². The minimum atomic E-state index is -0.258. The van der Waals surface area contributed by atoms with E-state index >= 15 is 0 Å². The molecule has 0 spiro atoms. The Morgan fingerprint density at radius 1 is 0.867 bits per heavy atom. The number of aromatic nitrogens is 2. The predicted molar refractivity (Wildman–Crippen MR) is 117 cm³/mol. The fourth-order valence-electron chi connectivity index (χ4n) is 4.18. The first kappa shape index (κ1) is 18.2. The predicted octanol–water partition coefficient (Wildman–Crippen LogP) is 4.85. The fourth-order valence-corrected chi connectivity index (χ4v) is 4.18. The number of methoxy groups -OCH3 is 1. The van der Waals surface area contributed by atoms with Gasteiger partial charge in [-0.25, -0.2) is 0 Å². The number of hydrogen-bond acceptors (Lipinski definition) is 3. The molecular weight excluding hydrogens is 374 g/mol. The van der Waals surface area contributed by atoms with Gasteiger partial charge in [-0.05, 0) is 29.8 Å². The quantitative estimate of drug-likeness (QED) is 0.496. The van der Waals surface area contributed by atoms with Crippen molar-refractivity contribution in [3.8, 4) is 17.0 Å². The van der Waals surface area contributed by atoms with Gasteiger partial charge in [0.25, 0.3) is 5.91 Å². The molecular formula is C25H21N3O2. The van der Waals surface area contributed by atoms with Crippen molar-refractivity contribution in [2.45, 2.75) is 6.04 Å². The second kappa shape index (κ2) is 7.19. The summed E-state index contributed by atoms with van der Waals surface area (Å²) >= 11 is 0. The van der Waals surface area contributed by atoms with Crippen LogP contribution in [0.25, 0.3) is 11.3 Å². The molecule has 0 radical (unpaired) electrons. The summed E-state index contributed by atoms with van der Waals surface area (Å²) < 4.78 is 7.00. The topological polar surface area (TPSA) is 47.4 Å². The Bertz CT molecular complexity index is 1200. The molecule has 2 heterocycles. The first-order valence-corrected chi connectivity index (χ1v) is 9.84. The highest BCUT2D eigenvalue weighted by Gasteiger charge is 2.44. The third-order valence-electron chi connectivity index (χ3n) is 5.55. The molecule has 1 unspecified atom stereocenters. The Morgan fingerprint density at radius 2 is 1.50 bits per heavy atom. The van der Waals surface area contributed by atoms with Crippen LogP contribution in [0.2, 0.25) is 0 Å². The fraction of sp³-hybridized carbons (Fsp3) is 0.120. The lowest BCUT2D eigenvalue weighted by atomic mass is 9.96. The maximum Gasteiger partial charge on any atom is 0.277 e. The van der Waals surface area contributed by atoms with Gasteiger partial charge in [-0.1, -0.05) is 60.7 Å². The van der Waals surface area contributed by atoms with Gasteiger partial charge in [0.2, 0.25) is 0 Å². The molecule has 1 aliphatic heterocycles. The second-order valence-electron chi connectivity index (χ2n) is 7.29. The molecule has 4 aromatic rings. The van der Waals surface area contributed by atoms with E-state index in [4.69, 9.17) is 9.84 Å². The van der Waals surface area contributed by atoms with Crippen LogP contribution >= 0.6 is 0 Å². The van der Waals surface area contributed by atoms with Crippen molar-refractivity contribution >= 4 is 11.6 Å². The van der Waals surface area contributed by atoms with Gasteiger partial charge in [0.15, 0.2) is 0 Å². The summed E-state index contributed by atoms with van der Waals surface area (Å²) in [6.07, 6.45) is 0. The lowest BCUT2D eigenvalue weighted by molar-refractivity contribution is 0.0985. The van der Waals surface area contributed by atoms with Crippen molar-refractivity contribution in [1.82, 2.24) is 9.78 Å². The molecule has 5 rings (SSSR count). The van der Waals surface area contributed by atoms with Crippen LogP contribution in [0.1, 0.15) is 27.7 Å². The van der Waals surface area contributed by atoms with E-state index in [0.717, 1.165) is 33.8 Å². The van der Waals surface area contributed by atoms with E-state index in [9.17, 15) is 4.79 Å². The second-order valence-corrected chi connectivity index (χ2v) is 7.29. The van der Waals surface area contributed by atoms with Gasteiger partial charge in [0.05, 0.1) is 18.8 Å². The van der Waals surface area contributed by atoms with Crippen LogP contribution in [-0.2, 0) is 7.05 Å². The molecule has 5 heteroatoms. The van der Waals surface area contributed by atoms with Crippen LogP contribution in [0.15, 0.2) is 84.9 Å². The van der Waals surface area contributed by atoms with Gasteiger partial charge in [0, 0.05) is 23.9 Å². The zero-order valence-corrected chi connectivity index (χ0v) is 16.8. The summed E-state index contributed by atoms with van der Waals surface area (Å²) in [4.78, 5) is 15.5. The third-order valence-corrected chi connectivity index (χ3v) is 5.55. The van der Waals surface area contributed by atoms with Crippen LogP contribution in [-0.4, -0.2) is 22.8 Å². The first-order chi connectivity index (χ1) is 14.7. The smallest absolute Gasteiger partial charge is 0.277 e. The number of ether oxygens (including phenoxy) is 1. The van der Waals surface area contributed by atoms with Crippen LogP contribution in [0, 0.1) is 0 Å². The summed E-state index contributed by atoms with van der Waals surface area (Å²) in [5.74, 6) is 0.701. The zero-order chi connectivity index (χ0) is 20.7. The molecule has 30 heavy (non-hydrogen) atoms. The molecule has 0 N–H and O–H groups in total. The molecule has 1 amide bonds. The number of fused-ring (bicyclic) bond motifs is 1. The van der Waals surface area contributed by atoms with Gasteiger partial charge in [-0.2, -0.15) is 5.10 Å². The number of carbonyl (C=O) groups is 1. The Morgan fingerprint density at radius 3 is 2.13 bits per heavy atom. The zero-order valence-electron chi connectivity index (χ0n) is 16.8. The van der Waals surface area contributed by atoms with Crippen molar-refractivity contribution < 1.29 is 9.53 Å². The summed E-state index contributed by atoms with van der Waals surface area (Å²) in [7, 11) is 3.47. The van der Waals surface area contributed by atoms with E-state index in [0.29, 0.717) is 5.69 Å². The van der Waals surface area contributed by atoms with Gasteiger partial charge in [-0.15, -0.1) is 0 Å². The maximum absolute atomic E-state index is 13.6. The molecule has 0 saturated carbocycles. The van der Waals surface area contributed by atoms with Gasteiger partial charge >= 0.3 is 0 Å². The maximum atomic E-state index is 13.6. The average Bonchev–Trinajstić information content (AvgIpc) is 3.30. The van der Waals surface area contributed by atoms with E-state index in [-0.39, 0.29) is 11.9 Å². The number of rotatable bonds is 4. The van der Waals surface area contributed by atoms with E-state index < -0.39 is 0 Å². The van der Waals surface area contributed by atoms with Gasteiger partial charge in [0.1, 0.15) is 11.4 Å². The number of aryl methyl sites for hydroxylation is 1. The molecule has 1 atom stereocenters. The monoisotopic (exact) mass is 395 g/mol. The highest BCUT2D eigenvalue weighted by Crippen LogP contribution is 2.45. The molecule has 0 saturated heterocycles. The number of nitrogens with zero attached hydrogens (tertiary/aromatic N) is 3. The number of hydrogen-bond donors (Lipinski definition) is 0. The third kappa shape index (κ3) is 2.78. The minimum Gasteiger partial charge on any atom is -0.497 e. The molecule has 3 aromatic carbocycles. The highest BCUT2D eigenvalue weighted by atomic mass is 16.5. The van der Waals surface area contributed by atoms with Crippen molar-refractivity contribution in [3.63, 3.8) is 0 Å². The minimum absolute atomic E-state index is 0.0544. The van der Waals surface area contributed by atoms with E-state index in [1.54, 1.807) is 11.8 Å². The van der Waals surface area contributed by atoms with Crippen LogP contribution < -0.4 is 9.64 Å². The average molecular weight is 395 g/mol. The van der Waals surface area contributed by atoms with Crippen molar-refractivity contribution in [2.75, 3.05) is 12.0 Å². The summed E-state index contributed by atoms with van der Waals surface area (Å²) in [6, 6.07) is 27.5.